The summed E-state index contributed by atoms with van der Waals surface area (Å²) in [5, 5.41) is 2.82. The van der Waals surface area contributed by atoms with E-state index in [4.69, 9.17) is 28.6 Å². The van der Waals surface area contributed by atoms with Crippen LogP contribution in [0.5, 0.6) is 5.75 Å². The lowest BCUT2D eigenvalue weighted by molar-refractivity contribution is -0.123. The number of hydrogen-bond donors (Lipinski definition) is 3. The Morgan fingerprint density at radius 2 is 1.61 bits per heavy atom. The van der Waals surface area contributed by atoms with Crippen LogP contribution in [-0.4, -0.2) is 23.5 Å². The largest absolute Gasteiger partial charge is 0.482 e. The number of carbonyl (C=O) groups is 2. The minimum Gasteiger partial charge on any atom is -0.482 e. The van der Waals surface area contributed by atoms with Crippen LogP contribution in [0.3, 0.4) is 0 Å². The van der Waals surface area contributed by atoms with Crippen molar-refractivity contribution in [2.75, 3.05) is 6.61 Å². The van der Waals surface area contributed by atoms with Crippen molar-refractivity contribution < 1.29 is 14.3 Å². The van der Waals surface area contributed by atoms with Crippen molar-refractivity contribution in [1.82, 2.24) is 16.2 Å². The van der Waals surface area contributed by atoms with Crippen LogP contribution in [0, 0.1) is 0 Å². The van der Waals surface area contributed by atoms with E-state index in [-0.39, 0.29) is 11.7 Å². The molecule has 0 atom stereocenters. The second-order valence-corrected chi connectivity index (χ2v) is 7.99. The zero-order chi connectivity index (χ0) is 22.2. The molecule has 3 aromatic rings. The lowest BCUT2D eigenvalue weighted by Gasteiger charge is -2.12. The Bertz CT molecular complexity index is 1090. The van der Waals surface area contributed by atoms with E-state index in [0.29, 0.717) is 16.3 Å². The Balaban J connectivity index is 1.44. The van der Waals surface area contributed by atoms with Gasteiger partial charge in [0.2, 0.25) is 0 Å². The Hall–Kier alpha value is -2.94. The van der Waals surface area contributed by atoms with Crippen molar-refractivity contribution in [3.63, 3.8) is 0 Å². The van der Waals surface area contributed by atoms with Gasteiger partial charge in [-0.05, 0) is 53.7 Å². The summed E-state index contributed by atoms with van der Waals surface area (Å²) in [6.45, 7) is -0.286. The molecule has 0 saturated carbocycles. The summed E-state index contributed by atoms with van der Waals surface area (Å²) in [6, 6.07) is 22.0. The third-order valence-electron chi connectivity index (χ3n) is 4.05. The van der Waals surface area contributed by atoms with E-state index in [1.54, 1.807) is 30.3 Å². The predicted molar refractivity (Wildman–Crippen MR) is 128 cm³/mol. The van der Waals surface area contributed by atoms with E-state index < -0.39 is 11.8 Å². The van der Waals surface area contributed by atoms with Gasteiger partial charge >= 0.3 is 0 Å². The van der Waals surface area contributed by atoms with E-state index in [1.807, 2.05) is 42.5 Å². The smallest absolute Gasteiger partial charge is 0.276 e. The van der Waals surface area contributed by atoms with Gasteiger partial charge in [-0.15, -0.1) is 0 Å². The molecule has 0 aliphatic rings. The normalized spacial score (nSPS) is 10.1. The summed E-state index contributed by atoms with van der Waals surface area (Å²) in [5.74, 6) is -0.526. The standard InChI is InChI=1S/C22H17BrClN3O3S/c23-17-10-11-19(18(24)12-17)30-13-20(28)26-27-22(31)25-21(29)16-8-6-15(7-9-16)14-4-2-1-3-5-14/h1-12H,13H2,(H,26,28)(H2,25,27,29,31). The molecule has 3 rings (SSSR count). The number of hydrogen-bond acceptors (Lipinski definition) is 4. The van der Waals surface area contributed by atoms with Gasteiger partial charge in [0, 0.05) is 10.0 Å². The van der Waals surface area contributed by atoms with Crippen LogP contribution in [-0.2, 0) is 4.79 Å². The molecule has 158 valence electrons. The maximum atomic E-state index is 12.3. The highest BCUT2D eigenvalue weighted by Crippen LogP contribution is 2.27. The van der Waals surface area contributed by atoms with Crippen LogP contribution in [0.2, 0.25) is 5.02 Å². The van der Waals surface area contributed by atoms with Gasteiger partial charge in [0.25, 0.3) is 11.8 Å². The lowest BCUT2D eigenvalue weighted by atomic mass is 10.0. The van der Waals surface area contributed by atoms with Gasteiger partial charge in [0.05, 0.1) is 5.02 Å². The van der Waals surface area contributed by atoms with Crippen LogP contribution >= 0.6 is 39.7 Å². The average Bonchev–Trinajstić information content (AvgIpc) is 2.78. The molecule has 0 unspecified atom stereocenters. The van der Waals surface area contributed by atoms with Gasteiger partial charge in [0.15, 0.2) is 11.7 Å². The molecule has 0 radical (unpaired) electrons. The minimum atomic E-state index is -0.497. The van der Waals surface area contributed by atoms with E-state index in [2.05, 4.69) is 32.1 Å². The molecule has 0 saturated heterocycles. The topological polar surface area (TPSA) is 79.5 Å². The van der Waals surface area contributed by atoms with Crippen molar-refractivity contribution in [2.24, 2.45) is 0 Å². The second-order valence-electron chi connectivity index (χ2n) is 6.26. The molecule has 31 heavy (non-hydrogen) atoms. The third-order valence-corrected chi connectivity index (χ3v) is 5.04. The fourth-order valence-corrected chi connectivity index (χ4v) is 3.42. The molecule has 0 bridgehead atoms. The molecule has 0 aromatic heterocycles. The molecule has 2 amide bonds. The number of halogens is 2. The first-order valence-corrected chi connectivity index (χ1v) is 10.6. The number of thiocarbonyl (C=S) groups is 1. The van der Waals surface area contributed by atoms with Crippen LogP contribution in [0.4, 0.5) is 0 Å². The number of benzene rings is 3. The van der Waals surface area contributed by atoms with Crippen molar-refractivity contribution in [1.29, 1.82) is 0 Å². The number of carbonyl (C=O) groups excluding carboxylic acids is 2. The Labute approximate surface area is 198 Å². The number of rotatable bonds is 5. The van der Waals surface area contributed by atoms with E-state index in [9.17, 15) is 9.59 Å². The first kappa shape index (κ1) is 22.7. The fraction of sp³-hybridized carbons (Fsp3) is 0.0455. The fourth-order valence-electron chi connectivity index (χ4n) is 2.55. The first-order chi connectivity index (χ1) is 14.9. The zero-order valence-corrected chi connectivity index (χ0v) is 19.2. The molecule has 3 aromatic carbocycles. The van der Waals surface area contributed by atoms with E-state index in [1.165, 1.54) is 0 Å². The minimum absolute atomic E-state index is 0.0489. The zero-order valence-electron chi connectivity index (χ0n) is 16.0. The summed E-state index contributed by atoms with van der Waals surface area (Å²) < 4.78 is 6.15. The highest BCUT2D eigenvalue weighted by Gasteiger charge is 2.10. The van der Waals surface area contributed by atoms with Crippen LogP contribution in [0.25, 0.3) is 11.1 Å². The third kappa shape index (κ3) is 6.78. The molecule has 0 fully saturated rings. The van der Waals surface area contributed by atoms with Crippen molar-refractivity contribution in [3.05, 3.63) is 87.9 Å². The van der Waals surface area contributed by atoms with Gasteiger partial charge in [-0.3, -0.25) is 25.8 Å². The van der Waals surface area contributed by atoms with Crippen molar-refractivity contribution in [3.8, 4) is 16.9 Å². The molecule has 0 heterocycles. The molecular weight excluding hydrogens is 502 g/mol. The molecule has 0 aliphatic heterocycles. The highest BCUT2D eigenvalue weighted by molar-refractivity contribution is 9.10. The summed E-state index contributed by atoms with van der Waals surface area (Å²) in [6.07, 6.45) is 0. The van der Waals surface area contributed by atoms with E-state index in [0.717, 1.165) is 15.6 Å². The highest BCUT2D eigenvalue weighted by atomic mass is 79.9. The summed E-state index contributed by atoms with van der Waals surface area (Å²) >= 11 is 14.4. The average molecular weight is 519 g/mol. The van der Waals surface area contributed by atoms with Gasteiger partial charge in [-0.1, -0.05) is 70.0 Å². The summed E-state index contributed by atoms with van der Waals surface area (Å²) in [5.41, 5.74) is 7.29. The Morgan fingerprint density at radius 3 is 2.29 bits per heavy atom. The summed E-state index contributed by atoms with van der Waals surface area (Å²) in [7, 11) is 0. The molecule has 0 aliphatic carbocycles. The molecule has 0 spiro atoms. The Morgan fingerprint density at radius 1 is 0.935 bits per heavy atom. The number of amides is 2. The summed E-state index contributed by atoms with van der Waals surface area (Å²) in [4.78, 5) is 24.2. The van der Waals surface area contributed by atoms with Gasteiger partial charge in [-0.2, -0.15) is 0 Å². The molecule has 3 N–H and O–H groups in total. The SMILES string of the molecule is O=C(COc1ccc(Br)cc1Cl)NNC(=S)NC(=O)c1ccc(-c2ccccc2)cc1. The van der Waals surface area contributed by atoms with Crippen LogP contribution in [0.15, 0.2) is 77.3 Å². The number of hydrazine groups is 1. The quantitative estimate of drug-likeness (QED) is 0.343. The second kappa shape index (κ2) is 10.9. The van der Waals surface area contributed by atoms with Gasteiger partial charge < -0.3 is 4.74 Å². The maximum Gasteiger partial charge on any atom is 0.276 e. The van der Waals surface area contributed by atoms with Gasteiger partial charge in [0.1, 0.15) is 5.75 Å². The monoisotopic (exact) mass is 517 g/mol. The van der Waals surface area contributed by atoms with Crippen molar-refractivity contribution >= 4 is 56.7 Å². The molecule has 9 heteroatoms. The van der Waals surface area contributed by atoms with Crippen molar-refractivity contribution in [2.45, 2.75) is 0 Å². The molecular formula is C22H17BrClN3O3S. The predicted octanol–water partition coefficient (Wildman–Crippen LogP) is 4.48. The Kier molecular flexibility index (Phi) is 8.00. The van der Waals surface area contributed by atoms with E-state index >= 15 is 0 Å². The first-order valence-electron chi connectivity index (χ1n) is 9.06. The van der Waals surface area contributed by atoms with Crippen LogP contribution in [0.1, 0.15) is 10.4 Å². The van der Waals surface area contributed by atoms with Crippen LogP contribution < -0.4 is 20.9 Å². The number of nitrogens with one attached hydrogen (secondary N) is 3. The lowest BCUT2D eigenvalue weighted by Crippen LogP contribution is -2.49. The molecule has 6 nitrogen and oxygen atoms in total. The number of ether oxygens (including phenoxy) is 1. The van der Waals surface area contributed by atoms with Gasteiger partial charge in [-0.25, -0.2) is 0 Å². The maximum absolute atomic E-state index is 12.3.